The van der Waals surface area contributed by atoms with Gasteiger partial charge >= 0.3 is 0 Å². The molecule has 10 rings (SSSR count). The zero-order chi connectivity index (χ0) is 51.2. The molecule has 2 aliphatic heterocycles. The Bertz CT molecular complexity index is 3400. The van der Waals surface area contributed by atoms with Crippen LogP contribution in [0.25, 0.3) is 66.1 Å². The summed E-state index contributed by atoms with van der Waals surface area (Å²) in [5.74, 6) is -0.156. The molecule has 8 aromatic rings. The molecular weight excluding hydrogens is 945 g/mol. The lowest BCUT2D eigenvalue weighted by atomic mass is 9.93. The van der Waals surface area contributed by atoms with Crippen LogP contribution >= 0.6 is 0 Å². The Hall–Kier alpha value is -6.46. The number of carbonyl (C=O) groups is 2. The Morgan fingerprint density at radius 1 is 0.583 bits per heavy atom. The number of hydrogen-bond acceptors (Lipinski definition) is 10. The van der Waals surface area contributed by atoms with Crippen LogP contribution in [0.1, 0.15) is 82.5 Å². The van der Waals surface area contributed by atoms with Gasteiger partial charge in [-0.25, -0.2) is 26.8 Å². The highest BCUT2D eigenvalue weighted by Crippen LogP contribution is 2.40. The molecule has 6 heterocycles. The van der Waals surface area contributed by atoms with Crippen molar-refractivity contribution in [3.8, 4) is 22.3 Å². The van der Waals surface area contributed by atoms with Crippen LogP contribution in [-0.2, 0) is 19.7 Å². The maximum Gasteiger partial charge on any atom is 0.251 e. The van der Waals surface area contributed by atoms with Crippen LogP contribution < -0.4 is 10.6 Å². The Balaban J connectivity index is 0.000000178. The molecule has 376 valence electrons. The molecule has 72 heavy (non-hydrogen) atoms. The third kappa shape index (κ3) is 10.0. The summed E-state index contributed by atoms with van der Waals surface area (Å²) in [5.41, 5.74) is 11.2. The topological polar surface area (TPSA) is 190 Å². The van der Waals surface area contributed by atoms with E-state index in [1.807, 2.05) is 64.4 Å². The summed E-state index contributed by atoms with van der Waals surface area (Å²) < 4.78 is 50.6. The molecule has 14 nitrogen and oxygen atoms in total. The fourth-order valence-electron chi connectivity index (χ4n) is 10.2. The molecule has 2 amide bonds. The Kier molecular flexibility index (Phi) is 14.2. The number of pyridine rings is 2. The van der Waals surface area contributed by atoms with Crippen LogP contribution in [-0.4, -0.2) is 122 Å². The van der Waals surface area contributed by atoms with Crippen LogP contribution in [0.2, 0.25) is 0 Å². The van der Waals surface area contributed by atoms with Crippen molar-refractivity contribution in [1.29, 1.82) is 0 Å². The van der Waals surface area contributed by atoms with E-state index >= 15 is 0 Å². The van der Waals surface area contributed by atoms with E-state index in [2.05, 4.69) is 66.6 Å². The highest BCUT2D eigenvalue weighted by molar-refractivity contribution is 7.91. The number of piperidine rings is 2. The van der Waals surface area contributed by atoms with Gasteiger partial charge in [-0.15, -0.1) is 0 Å². The first kappa shape index (κ1) is 50.5. The molecule has 4 aromatic heterocycles. The number of benzene rings is 4. The molecule has 0 spiro atoms. The fraction of sp³-hybridized carbons (Fsp3) is 0.357. The summed E-state index contributed by atoms with van der Waals surface area (Å²) in [5, 5.41) is 10.3. The number of likely N-dealkylation sites (tertiary alicyclic amines) is 2. The molecule has 0 unspecified atom stereocenters. The standard InChI is InChI=1S/2C28H32N4O3S/c2*1-5-36(34,35)21-8-6-7-19(14-21)23-15-22(28(33)30-20-9-11-32(4)12-10-20)18(3)26-25(23)24-13-17(2)16-29-27(24)31-26/h2*6-8,13-16,20H,5,9-12H2,1-4H3,(H,29,31)(H,30,33). The van der Waals surface area contributed by atoms with Gasteiger partial charge in [0.25, 0.3) is 11.8 Å². The van der Waals surface area contributed by atoms with Crippen molar-refractivity contribution in [2.75, 3.05) is 51.8 Å². The summed E-state index contributed by atoms with van der Waals surface area (Å²) in [4.78, 5) is 48.2. The molecule has 2 fully saturated rings. The third-order valence-corrected chi connectivity index (χ3v) is 18.1. The van der Waals surface area contributed by atoms with E-state index < -0.39 is 19.7 Å². The van der Waals surface area contributed by atoms with E-state index in [1.54, 1.807) is 50.2 Å². The summed E-state index contributed by atoms with van der Waals surface area (Å²) in [6.07, 6.45) is 7.31. The number of aromatic amines is 2. The van der Waals surface area contributed by atoms with Gasteiger partial charge in [-0.05, 0) is 187 Å². The van der Waals surface area contributed by atoms with Crippen LogP contribution in [0.5, 0.6) is 0 Å². The molecule has 16 heteroatoms. The summed E-state index contributed by atoms with van der Waals surface area (Å²) in [6.45, 7) is 15.0. The minimum atomic E-state index is -3.38. The molecule has 0 aliphatic carbocycles. The SMILES string of the molecule is CCS(=O)(=O)c1cccc(-c2cc(C(=O)NC3CCN(C)CC3)c(C)c3[nH]c4ncc(C)cc4c23)c1.CCS(=O)(=O)c1cccc(-c2cc(C(=O)NC3CCN(C)CC3)c(C)c3[nH]c4ncc(C)cc4c23)c1. The van der Waals surface area contributed by atoms with Gasteiger partial charge in [-0.2, -0.15) is 0 Å². The van der Waals surface area contributed by atoms with E-state index in [0.29, 0.717) is 11.1 Å². The van der Waals surface area contributed by atoms with Gasteiger partial charge in [0.15, 0.2) is 19.7 Å². The monoisotopic (exact) mass is 1010 g/mol. The number of H-pyrrole nitrogens is 2. The average molecular weight is 1010 g/mol. The number of nitrogens with one attached hydrogen (secondary N) is 4. The minimum absolute atomic E-state index is 0.0280. The number of amides is 2. The van der Waals surface area contributed by atoms with Gasteiger partial charge in [-0.1, -0.05) is 38.1 Å². The Morgan fingerprint density at radius 2 is 0.958 bits per heavy atom. The number of aromatic nitrogens is 4. The number of hydrogen-bond donors (Lipinski definition) is 4. The quantitative estimate of drug-likeness (QED) is 0.103. The largest absolute Gasteiger partial charge is 0.349 e. The lowest BCUT2D eigenvalue weighted by molar-refractivity contribution is 0.0908. The number of fused-ring (bicyclic) bond motifs is 6. The molecule has 0 saturated carbocycles. The van der Waals surface area contributed by atoms with E-state index in [9.17, 15) is 26.4 Å². The first-order valence-corrected chi connectivity index (χ1v) is 28.1. The van der Waals surface area contributed by atoms with Crippen molar-refractivity contribution in [2.24, 2.45) is 0 Å². The molecule has 4 aromatic carbocycles. The number of sulfone groups is 2. The predicted molar refractivity (Wildman–Crippen MR) is 288 cm³/mol. The van der Waals surface area contributed by atoms with Crippen LogP contribution in [0.4, 0.5) is 0 Å². The normalized spacial score (nSPS) is 15.6. The molecule has 2 aliphatic rings. The molecule has 0 bridgehead atoms. The second-order valence-electron chi connectivity index (χ2n) is 19.7. The van der Waals surface area contributed by atoms with Gasteiger partial charge < -0.3 is 30.4 Å². The van der Waals surface area contributed by atoms with Crippen LogP contribution in [0.15, 0.2) is 95.0 Å². The molecule has 2 saturated heterocycles. The van der Waals surface area contributed by atoms with Gasteiger partial charge in [0.1, 0.15) is 11.3 Å². The van der Waals surface area contributed by atoms with Crippen molar-refractivity contribution in [3.63, 3.8) is 0 Å². The average Bonchev–Trinajstić information content (AvgIpc) is 3.95. The van der Waals surface area contributed by atoms with Gasteiger partial charge in [-0.3, -0.25) is 9.59 Å². The number of rotatable bonds is 10. The third-order valence-electron chi connectivity index (χ3n) is 14.6. The zero-order valence-electron chi connectivity index (χ0n) is 42.4. The summed E-state index contributed by atoms with van der Waals surface area (Å²) in [6, 6.07) is 22.3. The second-order valence-corrected chi connectivity index (χ2v) is 24.3. The second kappa shape index (κ2) is 20.2. The highest BCUT2D eigenvalue weighted by atomic mass is 32.2. The number of carbonyl (C=O) groups excluding carboxylic acids is 2. The highest BCUT2D eigenvalue weighted by Gasteiger charge is 2.27. The number of nitrogens with zero attached hydrogens (tertiary/aromatic N) is 4. The molecular formula is C56H64N8O6S2. The summed E-state index contributed by atoms with van der Waals surface area (Å²) >= 11 is 0. The Labute approximate surface area is 421 Å². The van der Waals surface area contributed by atoms with E-state index in [4.69, 9.17) is 0 Å². The lowest BCUT2D eigenvalue weighted by Gasteiger charge is -2.29. The van der Waals surface area contributed by atoms with Gasteiger partial charge in [0, 0.05) is 57.1 Å². The minimum Gasteiger partial charge on any atom is -0.349 e. The maximum atomic E-state index is 13.5. The fourth-order valence-corrected chi connectivity index (χ4v) is 12.0. The first-order valence-electron chi connectivity index (χ1n) is 24.8. The van der Waals surface area contributed by atoms with E-state index in [0.717, 1.165) is 140 Å². The van der Waals surface area contributed by atoms with Crippen molar-refractivity contribution in [2.45, 2.75) is 89.1 Å². The van der Waals surface area contributed by atoms with Crippen molar-refractivity contribution >= 4 is 75.4 Å². The van der Waals surface area contributed by atoms with Crippen LogP contribution in [0.3, 0.4) is 0 Å². The van der Waals surface area contributed by atoms with Crippen molar-refractivity contribution in [1.82, 2.24) is 40.4 Å². The zero-order valence-corrected chi connectivity index (χ0v) is 44.0. The molecule has 0 radical (unpaired) electrons. The lowest BCUT2D eigenvalue weighted by Crippen LogP contribution is -2.43. The summed E-state index contributed by atoms with van der Waals surface area (Å²) in [7, 11) is -2.56. The number of aryl methyl sites for hydroxylation is 4. The van der Waals surface area contributed by atoms with Gasteiger partial charge in [0.2, 0.25) is 0 Å². The van der Waals surface area contributed by atoms with Crippen LogP contribution in [0, 0.1) is 27.7 Å². The first-order chi connectivity index (χ1) is 34.3. The predicted octanol–water partition coefficient (Wildman–Crippen LogP) is 9.24. The van der Waals surface area contributed by atoms with Crippen molar-refractivity contribution < 1.29 is 26.4 Å². The van der Waals surface area contributed by atoms with Gasteiger partial charge in [0.05, 0.1) is 32.3 Å². The van der Waals surface area contributed by atoms with E-state index in [-0.39, 0.29) is 45.2 Å². The molecule has 0 atom stereocenters. The van der Waals surface area contributed by atoms with E-state index in [1.165, 1.54) is 0 Å². The maximum absolute atomic E-state index is 13.5. The van der Waals surface area contributed by atoms with Crippen molar-refractivity contribution in [3.05, 3.63) is 119 Å². The Morgan fingerprint density at radius 3 is 1.32 bits per heavy atom. The molecule has 4 N–H and O–H groups in total. The smallest absolute Gasteiger partial charge is 0.251 e.